The maximum absolute atomic E-state index is 13.2. The predicted molar refractivity (Wildman–Crippen MR) is 103 cm³/mol. The maximum Gasteiger partial charge on any atom is 0.227 e. The summed E-state index contributed by atoms with van der Waals surface area (Å²) in [4.78, 5) is 17.8. The van der Waals surface area contributed by atoms with E-state index in [1.165, 1.54) is 18.4 Å². The van der Waals surface area contributed by atoms with Crippen molar-refractivity contribution in [3.05, 3.63) is 35.9 Å². The molecule has 3 fully saturated rings. The molecule has 4 heteroatoms. The van der Waals surface area contributed by atoms with Crippen LogP contribution in [0.25, 0.3) is 0 Å². The second-order valence-electron chi connectivity index (χ2n) is 8.32. The van der Waals surface area contributed by atoms with Crippen molar-refractivity contribution >= 4 is 5.91 Å². The number of hydrogen-bond acceptors (Lipinski definition) is 3. The van der Waals surface area contributed by atoms with Crippen molar-refractivity contribution in [3.8, 4) is 0 Å². The molecule has 3 saturated heterocycles. The van der Waals surface area contributed by atoms with E-state index in [1.807, 2.05) is 11.9 Å². The molecule has 4 nitrogen and oxygen atoms in total. The molecule has 0 spiro atoms. The minimum atomic E-state index is 0.169. The molecule has 3 atom stereocenters. The Balaban J connectivity index is 1.39. The molecule has 0 saturated carbocycles. The molecule has 0 radical (unpaired) electrons. The number of ether oxygens (including phenoxy) is 1. The highest BCUT2D eigenvalue weighted by atomic mass is 16.5. The van der Waals surface area contributed by atoms with Crippen LogP contribution in [0, 0.1) is 11.8 Å². The molecule has 3 aliphatic rings. The van der Waals surface area contributed by atoms with Crippen LogP contribution in [0.3, 0.4) is 0 Å². The Kier molecular flexibility index (Phi) is 5.60. The number of carbonyl (C=O) groups excluding carboxylic acids is 1. The van der Waals surface area contributed by atoms with Crippen LogP contribution in [0.1, 0.15) is 50.1 Å². The highest BCUT2D eigenvalue weighted by Gasteiger charge is 2.47. The van der Waals surface area contributed by atoms with Crippen molar-refractivity contribution in [1.82, 2.24) is 9.80 Å². The van der Waals surface area contributed by atoms with Crippen molar-refractivity contribution < 1.29 is 9.53 Å². The van der Waals surface area contributed by atoms with E-state index >= 15 is 0 Å². The summed E-state index contributed by atoms with van der Waals surface area (Å²) < 4.78 is 5.45. The van der Waals surface area contributed by atoms with E-state index in [4.69, 9.17) is 4.74 Å². The molecule has 1 aromatic carbocycles. The monoisotopic (exact) mass is 356 g/mol. The zero-order chi connectivity index (χ0) is 17.9. The molecule has 3 aliphatic heterocycles. The molecular formula is C22H32N2O2. The van der Waals surface area contributed by atoms with E-state index in [1.54, 1.807) is 0 Å². The molecular weight excluding hydrogens is 324 g/mol. The fourth-order valence-corrected chi connectivity index (χ4v) is 5.24. The van der Waals surface area contributed by atoms with Gasteiger partial charge in [0, 0.05) is 38.9 Å². The van der Waals surface area contributed by atoms with Crippen LogP contribution in [-0.2, 0) is 9.53 Å². The number of fused-ring (bicyclic) bond motifs is 1. The first-order chi connectivity index (χ1) is 12.7. The van der Waals surface area contributed by atoms with E-state index in [0.29, 0.717) is 18.0 Å². The molecule has 0 unspecified atom stereocenters. The number of amides is 1. The first-order valence-corrected chi connectivity index (χ1v) is 10.4. The number of rotatable bonds is 5. The lowest BCUT2D eigenvalue weighted by atomic mass is 9.92. The van der Waals surface area contributed by atoms with Gasteiger partial charge in [-0.25, -0.2) is 0 Å². The first kappa shape index (κ1) is 18.0. The molecule has 0 aromatic heterocycles. The van der Waals surface area contributed by atoms with Gasteiger partial charge in [-0.05, 0) is 56.6 Å². The highest BCUT2D eigenvalue weighted by Crippen LogP contribution is 2.45. The summed E-state index contributed by atoms with van der Waals surface area (Å²) in [6.07, 6.45) is 6.80. The van der Waals surface area contributed by atoms with Crippen LogP contribution in [-0.4, -0.2) is 55.1 Å². The van der Waals surface area contributed by atoms with Gasteiger partial charge in [-0.1, -0.05) is 30.3 Å². The number of hydrogen-bond donors (Lipinski definition) is 0. The van der Waals surface area contributed by atoms with Gasteiger partial charge in [0.15, 0.2) is 0 Å². The molecule has 142 valence electrons. The topological polar surface area (TPSA) is 32.8 Å². The zero-order valence-corrected chi connectivity index (χ0v) is 16.0. The average molecular weight is 357 g/mol. The highest BCUT2D eigenvalue weighted by molar-refractivity contribution is 5.80. The summed E-state index contributed by atoms with van der Waals surface area (Å²) in [6.45, 7) is 3.81. The largest absolute Gasteiger partial charge is 0.381 e. The summed E-state index contributed by atoms with van der Waals surface area (Å²) in [5.41, 5.74) is 1.37. The summed E-state index contributed by atoms with van der Waals surface area (Å²) in [6, 6.07) is 11.6. The zero-order valence-electron chi connectivity index (χ0n) is 16.0. The van der Waals surface area contributed by atoms with Crippen LogP contribution in [0.2, 0.25) is 0 Å². The van der Waals surface area contributed by atoms with Crippen LogP contribution < -0.4 is 0 Å². The molecule has 0 N–H and O–H groups in total. The first-order valence-electron chi connectivity index (χ1n) is 10.4. The Hall–Kier alpha value is -1.39. The van der Waals surface area contributed by atoms with Crippen molar-refractivity contribution in [2.75, 3.05) is 33.4 Å². The minimum Gasteiger partial charge on any atom is -0.381 e. The van der Waals surface area contributed by atoms with Gasteiger partial charge < -0.3 is 9.64 Å². The second-order valence-corrected chi connectivity index (χ2v) is 8.32. The SMILES string of the molecule is CN(CCC1CCOCC1)C(=O)[C@H]1C[C@@H](c2ccccc2)N2CCC[C@H]12. The third-order valence-corrected chi connectivity index (χ3v) is 6.78. The van der Waals surface area contributed by atoms with Gasteiger partial charge in [-0.3, -0.25) is 9.69 Å². The van der Waals surface area contributed by atoms with E-state index in [0.717, 1.165) is 57.9 Å². The average Bonchev–Trinajstić information content (AvgIpc) is 3.30. The number of benzene rings is 1. The van der Waals surface area contributed by atoms with Crippen molar-refractivity contribution in [2.45, 2.75) is 50.6 Å². The standard InChI is InChI=1S/C22H32N2O2/c1-23(13-9-17-10-14-26-15-11-17)22(25)19-16-21(18-6-3-2-4-7-18)24-12-5-8-20(19)24/h2-4,6-7,17,19-21H,5,8-16H2,1H3/t19-,20+,21-/m0/s1. The number of nitrogens with zero attached hydrogens (tertiary/aromatic N) is 2. The quantitative estimate of drug-likeness (QED) is 0.810. The summed E-state index contributed by atoms with van der Waals surface area (Å²) in [5.74, 6) is 1.26. The molecule has 0 aliphatic carbocycles. The van der Waals surface area contributed by atoms with E-state index < -0.39 is 0 Å². The Bertz CT molecular complexity index is 599. The van der Waals surface area contributed by atoms with Gasteiger partial charge in [0.05, 0.1) is 5.92 Å². The predicted octanol–water partition coefficient (Wildman–Crippen LogP) is 3.49. The van der Waals surface area contributed by atoms with Gasteiger partial charge in [0.25, 0.3) is 0 Å². The van der Waals surface area contributed by atoms with Crippen molar-refractivity contribution in [2.24, 2.45) is 11.8 Å². The Morgan fingerprint density at radius 3 is 2.73 bits per heavy atom. The van der Waals surface area contributed by atoms with Gasteiger partial charge >= 0.3 is 0 Å². The summed E-state index contributed by atoms with van der Waals surface area (Å²) in [5, 5.41) is 0. The lowest BCUT2D eigenvalue weighted by molar-refractivity contribution is -0.135. The van der Waals surface area contributed by atoms with Crippen molar-refractivity contribution in [1.29, 1.82) is 0 Å². The molecule has 1 aromatic rings. The lowest BCUT2D eigenvalue weighted by Crippen LogP contribution is -2.39. The summed E-state index contributed by atoms with van der Waals surface area (Å²) in [7, 11) is 2.01. The maximum atomic E-state index is 13.2. The van der Waals surface area contributed by atoms with Crippen LogP contribution >= 0.6 is 0 Å². The van der Waals surface area contributed by atoms with Crippen LogP contribution in [0.5, 0.6) is 0 Å². The molecule has 1 amide bonds. The second kappa shape index (κ2) is 8.10. The van der Waals surface area contributed by atoms with Gasteiger partial charge in [0.2, 0.25) is 5.91 Å². The van der Waals surface area contributed by atoms with Gasteiger partial charge in [-0.2, -0.15) is 0 Å². The van der Waals surface area contributed by atoms with E-state index in [9.17, 15) is 4.79 Å². The minimum absolute atomic E-state index is 0.169. The smallest absolute Gasteiger partial charge is 0.227 e. The fraction of sp³-hybridized carbons (Fsp3) is 0.682. The van der Waals surface area contributed by atoms with E-state index in [2.05, 4.69) is 35.2 Å². The molecule has 0 bridgehead atoms. The molecule has 3 heterocycles. The van der Waals surface area contributed by atoms with Gasteiger partial charge in [-0.15, -0.1) is 0 Å². The lowest BCUT2D eigenvalue weighted by Gasteiger charge is -2.28. The summed E-state index contributed by atoms with van der Waals surface area (Å²) >= 11 is 0. The van der Waals surface area contributed by atoms with Gasteiger partial charge in [0.1, 0.15) is 0 Å². The van der Waals surface area contributed by atoms with Crippen molar-refractivity contribution in [3.63, 3.8) is 0 Å². The number of carbonyl (C=O) groups is 1. The van der Waals surface area contributed by atoms with Crippen LogP contribution in [0.4, 0.5) is 0 Å². The molecule has 4 rings (SSSR count). The third kappa shape index (κ3) is 3.67. The van der Waals surface area contributed by atoms with E-state index in [-0.39, 0.29) is 5.92 Å². The third-order valence-electron chi connectivity index (χ3n) is 6.78. The Labute approximate surface area is 157 Å². The fourth-order valence-electron chi connectivity index (χ4n) is 5.24. The Morgan fingerprint density at radius 1 is 1.19 bits per heavy atom. The molecule has 26 heavy (non-hydrogen) atoms. The normalized spacial score (nSPS) is 29.7. The Morgan fingerprint density at radius 2 is 1.96 bits per heavy atom. The van der Waals surface area contributed by atoms with Crippen LogP contribution in [0.15, 0.2) is 30.3 Å².